The monoisotopic (exact) mass is 257 g/mol. The van der Waals surface area contributed by atoms with E-state index in [-0.39, 0.29) is 0 Å². The zero-order valence-corrected chi connectivity index (χ0v) is 11.4. The van der Waals surface area contributed by atoms with Gasteiger partial charge < -0.3 is 9.42 Å². The molecule has 0 N–H and O–H groups in total. The van der Waals surface area contributed by atoms with Gasteiger partial charge in [0.15, 0.2) is 5.82 Å². The molecular weight excluding hydrogens is 238 g/mol. The van der Waals surface area contributed by atoms with Gasteiger partial charge in [-0.1, -0.05) is 49.3 Å². The second-order valence-corrected chi connectivity index (χ2v) is 5.35. The highest BCUT2D eigenvalue weighted by atomic mass is 16.5. The number of benzene rings is 1. The zero-order chi connectivity index (χ0) is 13.2. The molecule has 1 aliphatic heterocycles. The van der Waals surface area contributed by atoms with E-state index in [4.69, 9.17) is 4.52 Å². The fraction of sp³-hybridized carbons (Fsp3) is 0.467. The zero-order valence-electron chi connectivity index (χ0n) is 11.4. The predicted molar refractivity (Wildman–Crippen MR) is 74.2 cm³/mol. The first kappa shape index (κ1) is 12.2. The summed E-state index contributed by atoms with van der Waals surface area (Å²) in [4.78, 5) is 6.75. The van der Waals surface area contributed by atoms with E-state index >= 15 is 0 Å². The molecule has 2 heterocycles. The Balaban J connectivity index is 1.86. The number of nitrogens with zero attached hydrogens (tertiary/aromatic N) is 3. The number of anilines is 1. The maximum Gasteiger partial charge on any atom is 0.324 e. The summed E-state index contributed by atoms with van der Waals surface area (Å²) in [5.74, 6) is 1.09. The third-order valence-corrected chi connectivity index (χ3v) is 3.63. The van der Waals surface area contributed by atoms with Crippen molar-refractivity contribution < 1.29 is 4.52 Å². The van der Waals surface area contributed by atoms with Crippen LogP contribution < -0.4 is 4.90 Å². The van der Waals surface area contributed by atoms with Gasteiger partial charge in [0.25, 0.3) is 0 Å². The molecule has 1 aromatic carbocycles. The van der Waals surface area contributed by atoms with E-state index in [1.54, 1.807) is 0 Å². The fourth-order valence-corrected chi connectivity index (χ4v) is 2.59. The first-order chi connectivity index (χ1) is 9.25. The average molecular weight is 257 g/mol. The second-order valence-electron chi connectivity index (χ2n) is 5.35. The Labute approximate surface area is 113 Å². The van der Waals surface area contributed by atoms with Gasteiger partial charge in [-0.2, -0.15) is 4.98 Å². The molecule has 0 radical (unpaired) electrons. The summed E-state index contributed by atoms with van der Waals surface area (Å²) in [6, 6.07) is 11.6. The minimum Gasteiger partial charge on any atom is -0.317 e. The van der Waals surface area contributed by atoms with Crippen molar-refractivity contribution >= 4 is 6.01 Å². The summed E-state index contributed by atoms with van der Waals surface area (Å²) >= 11 is 0. The van der Waals surface area contributed by atoms with Gasteiger partial charge in [0.1, 0.15) is 0 Å². The maximum atomic E-state index is 5.43. The van der Waals surface area contributed by atoms with Gasteiger partial charge in [-0.05, 0) is 18.4 Å². The predicted octanol–water partition coefficient (Wildman–Crippen LogP) is 3.53. The Morgan fingerprint density at radius 1 is 1.26 bits per heavy atom. The first-order valence-electron chi connectivity index (χ1n) is 6.91. The van der Waals surface area contributed by atoms with Crippen molar-refractivity contribution in [2.75, 3.05) is 11.4 Å². The lowest BCUT2D eigenvalue weighted by Gasteiger charge is -2.22. The second kappa shape index (κ2) is 5.03. The molecule has 4 nitrogen and oxygen atoms in total. The molecule has 3 rings (SSSR count). The molecule has 1 aliphatic rings. The Hall–Kier alpha value is -1.84. The third-order valence-electron chi connectivity index (χ3n) is 3.63. The summed E-state index contributed by atoms with van der Waals surface area (Å²) in [5, 5.41) is 4.06. The smallest absolute Gasteiger partial charge is 0.317 e. The fourth-order valence-electron chi connectivity index (χ4n) is 2.59. The van der Waals surface area contributed by atoms with Crippen LogP contribution in [-0.2, 0) is 0 Å². The van der Waals surface area contributed by atoms with Crippen LogP contribution in [0.3, 0.4) is 0 Å². The molecule has 19 heavy (non-hydrogen) atoms. The molecule has 1 aromatic heterocycles. The van der Waals surface area contributed by atoms with Crippen LogP contribution in [0.1, 0.15) is 50.0 Å². The largest absolute Gasteiger partial charge is 0.324 e. The molecular formula is C15H19N3O. The maximum absolute atomic E-state index is 5.43. The normalized spacial score (nSPS) is 19.3. The molecule has 0 bridgehead atoms. The molecule has 100 valence electrons. The van der Waals surface area contributed by atoms with Crippen molar-refractivity contribution in [3.63, 3.8) is 0 Å². The van der Waals surface area contributed by atoms with E-state index in [9.17, 15) is 0 Å². The quantitative estimate of drug-likeness (QED) is 0.843. The van der Waals surface area contributed by atoms with Crippen LogP contribution in [0, 0.1) is 0 Å². The molecule has 1 fully saturated rings. The first-order valence-corrected chi connectivity index (χ1v) is 6.91. The standard InChI is InChI=1S/C15H19N3O/c1-11(2)14-16-15(19-17-14)18-10-6-9-13(18)12-7-4-3-5-8-12/h3-5,7-8,11,13H,6,9-10H2,1-2H3. The molecule has 2 aromatic rings. The van der Waals surface area contributed by atoms with Crippen molar-refractivity contribution in [1.29, 1.82) is 0 Å². The van der Waals surface area contributed by atoms with E-state index in [0.29, 0.717) is 18.0 Å². The molecule has 0 spiro atoms. The third kappa shape index (κ3) is 2.35. The highest BCUT2D eigenvalue weighted by Gasteiger charge is 2.30. The molecule has 4 heteroatoms. The number of rotatable bonds is 3. The lowest BCUT2D eigenvalue weighted by Crippen LogP contribution is -2.22. The van der Waals surface area contributed by atoms with Crippen LogP contribution in [0.15, 0.2) is 34.9 Å². The van der Waals surface area contributed by atoms with Crippen molar-refractivity contribution in [2.24, 2.45) is 0 Å². The molecule has 0 saturated carbocycles. The molecule has 0 amide bonds. The number of hydrogen-bond donors (Lipinski definition) is 0. The van der Waals surface area contributed by atoms with Crippen LogP contribution in [0.4, 0.5) is 6.01 Å². The van der Waals surface area contributed by atoms with Crippen molar-refractivity contribution in [3.05, 3.63) is 41.7 Å². The minimum absolute atomic E-state index is 0.301. The van der Waals surface area contributed by atoms with Crippen LogP contribution >= 0.6 is 0 Å². The highest BCUT2D eigenvalue weighted by Crippen LogP contribution is 2.35. The van der Waals surface area contributed by atoms with E-state index in [1.165, 1.54) is 12.0 Å². The SMILES string of the molecule is CC(C)c1noc(N2CCCC2c2ccccc2)n1. The van der Waals surface area contributed by atoms with Crippen molar-refractivity contribution in [2.45, 2.75) is 38.6 Å². The van der Waals surface area contributed by atoms with Crippen LogP contribution in [0.5, 0.6) is 0 Å². The lowest BCUT2D eigenvalue weighted by atomic mass is 10.1. The van der Waals surface area contributed by atoms with E-state index in [0.717, 1.165) is 18.8 Å². The average Bonchev–Trinajstić information content (AvgIpc) is 3.08. The molecule has 1 atom stereocenters. The summed E-state index contributed by atoms with van der Waals surface area (Å²) in [6.07, 6.45) is 2.31. The van der Waals surface area contributed by atoms with Crippen LogP contribution in [0.2, 0.25) is 0 Å². The number of hydrogen-bond acceptors (Lipinski definition) is 4. The molecule has 1 unspecified atom stereocenters. The van der Waals surface area contributed by atoms with E-state index in [1.807, 2.05) is 6.07 Å². The summed E-state index contributed by atoms with van der Waals surface area (Å²) in [5.41, 5.74) is 1.32. The Bertz CT molecular complexity index is 535. The van der Waals surface area contributed by atoms with Gasteiger partial charge in [-0.3, -0.25) is 0 Å². The van der Waals surface area contributed by atoms with E-state index in [2.05, 4.69) is 53.2 Å². The lowest BCUT2D eigenvalue weighted by molar-refractivity contribution is 0.401. The summed E-state index contributed by atoms with van der Waals surface area (Å²) in [6.45, 7) is 5.14. The van der Waals surface area contributed by atoms with Gasteiger partial charge >= 0.3 is 6.01 Å². The van der Waals surface area contributed by atoms with E-state index < -0.39 is 0 Å². The van der Waals surface area contributed by atoms with Gasteiger partial charge in [-0.15, -0.1) is 0 Å². The minimum atomic E-state index is 0.301. The van der Waals surface area contributed by atoms with Gasteiger partial charge in [-0.25, -0.2) is 0 Å². The van der Waals surface area contributed by atoms with Gasteiger partial charge in [0.2, 0.25) is 0 Å². The Morgan fingerprint density at radius 3 is 2.74 bits per heavy atom. The van der Waals surface area contributed by atoms with Crippen molar-refractivity contribution in [1.82, 2.24) is 10.1 Å². The number of aromatic nitrogens is 2. The van der Waals surface area contributed by atoms with Crippen LogP contribution in [0.25, 0.3) is 0 Å². The molecule has 0 aliphatic carbocycles. The Kier molecular flexibility index (Phi) is 3.23. The summed E-state index contributed by atoms with van der Waals surface area (Å²) < 4.78 is 5.43. The molecule has 1 saturated heterocycles. The topological polar surface area (TPSA) is 42.2 Å². The summed E-state index contributed by atoms with van der Waals surface area (Å²) in [7, 11) is 0. The Morgan fingerprint density at radius 2 is 2.05 bits per heavy atom. The van der Waals surface area contributed by atoms with Gasteiger partial charge in [0, 0.05) is 12.5 Å². The van der Waals surface area contributed by atoms with Crippen LogP contribution in [-0.4, -0.2) is 16.7 Å². The van der Waals surface area contributed by atoms with Crippen molar-refractivity contribution in [3.8, 4) is 0 Å². The highest BCUT2D eigenvalue weighted by molar-refractivity contribution is 5.36. The van der Waals surface area contributed by atoms with Gasteiger partial charge in [0.05, 0.1) is 6.04 Å².